The third kappa shape index (κ3) is 3.42. The van der Waals surface area contributed by atoms with Crippen LogP contribution < -0.4 is 4.74 Å². The van der Waals surface area contributed by atoms with Crippen LogP contribution >= 0.6 is 0 Å². The monoisotopic (exact) mass is 279 g/mol. The molecular formula is C15H21NO4. The number of aromatic hydroxyl groups is 1. The molecule has 0 aromatic heterocycles. The van der Waals surface area contributed by atoms with E-state index in [0.29, 0.717) is 5.75 Å². The lowest BCUT2D eigenvalue weighted by molar-refractivity contribution is -0.148. The van der Waals surface area contributed by atoms with Gasteiger partial charge >= 0.3 is 5.97 Å². The highest BCUT2D eigenvalue weighted by atomic mass is 16.5. The van der Waals surface area contributed by atoms with Gasteiger partial charge in [0, 0.05) is 6.54 Å². The van der Waals surface area contributed by atoms with Crippen LogP contribution in [-0.4, -0.2) is 49.8 Å². The number of hydrogen-bond acceptors (Lipinski definition) is 5. The van der Waals surface area contributed by atoms with Crippen LogP contribution in [0.2, 0.25) is 0 Å². The Balaban J connectivity index is 2.01. The van der Waals surface area contributed by atoms with Crippen molar-refractivity contribution in [1.82, 2.24) is 4.90 Å². The van der Waals surface area contributed by atoms with Gasteiger partial charge in [-0.25, -0.2) is 0 Å². The molecule has 1 fully saturated rings. The lowest BCUT2D eigenvalue weighted by atomic mass is 9.92. The lowest BCUT2D eigenvalue weighted by Gasteiger charge is -2.21. The first-order chi connectivity index (χ1) is 9.61. The first kappa shape index (κ1) is 14.7. The normalized spacial score (nSPS) is 20.6. The Labute approximate surface area is 119 Å². The van der Waals surface area contributed by atoms with Crippen molar-refractivity contribution in [2.45, 2.75) is 6.42 Å². The molecule has 1 N–H and O–H groups in total. The zero-order chi connectivity index (χ0) is 14.5. The summed E-state index contributed by atoms with van der Waals surface area (Å²) in [5, 5.41) is 9.68. The number of carbonyl (C=O) groups is 1. The maximum Gasteiger partial charge on any atom is 0.312 e. The topological polar surface area (TPSA) is 59.0 Å². The highest BCUT2D eigenvalue weighted by Gasteiger charge is 2.34. The summed E-state index contributed by atoms with van der Waals surface area (Å²) >= 11 is 0. The second kappa shape index (κ2) is 6.61. The number of ether oxygens (including phenoxy) is 2. The number of phenolic OH excluding ortho intramolecular Hbond substituents is 1. The Morgan fingerprint density at radius 2 is 2.25 bits per heavy atom. The summed E-state index contributed by atoms with van der Waals surface area (Å²) in [7, 11) is 3.44. The van der Waals surface area contributed by atoms with Gasteiger partial charge in [-0.1, -0.05) is 12.1 Å². The predicted octanol–water partition coefficient (Wildman–Crippen LogP) is 1.51. The fourth-order valence-corrected chi connectivity index (χ4v) is 2.60. The smallest absolute Gasteiger partial charge is 0.312 e. The molecule has 1 heterocycles. The highest BCUT2D eigenvalue weighted by molar-refractivity contribution is 5.73. The maximum atomic E-state index is 11.9. The first-order valence-corrected chi connectivity index (χ1v) is 6.79. The Hall–Kier alpha value is -1.75. The second-order valence-electron chi connectivity index (χ2n) is 5.22. The number of methoxy groups -OCH3 is 1. The van der Waals surface area contributed by atoms with Crippen LogP contribution in [0.25, 0.3) is 0 Å². The number of benzene rings is 1. The Morgan fingerprint density at radius 3 is 2.85 bits per heavy atom. The third-order valence-corrected chi connectivity index (χ3v) is 3.78. The van der Waals surface area contributed by atoms with Crippen molar-refractivity contribution in [3.8, 4) is 11.5 Å². The van der Waals surface area contributed by atoms with E-state index < -0.39 is 0 Å². The number of likely N-dealkylation sites (tertiary alicyclic amines) is 1. The van der Waals surface area contributed by atoms with Crippen molar-refractivity contribution in [2.24, 2.45) is 11.8 Å². The number of nitrogens with zero attached hydrogens (tertiary/aromatic N) is 1. The van der Waals surface area contributed by atoms with Gasteiger partial charge in [-0.2, -0.15) is 0 Å². The molecule has 5 heteroatoms. The molecule has 1 aliphatic heterocycles. The summed E-state index contributed by atoms with van der Waals surface area (Å²) in [4.78, 5) is 14.1. The average molecular weight is 279 g/mol. The van der Waals surface area contributed by atoms with Crippen LogP contribution in [0.4, 0.5) is 0 Å². The zero-order valence-electron chi connectivity index (χ0n) is 11.9. The van der Waals surface area contributed by atoms with Crippen molar-refractivity contribution >= 4 is 5.97 Å². The third-order valence-electron chi connectivity index (χ3n) is 3.78. The number of hydrogen-bond donors (Lipinski definition) is 1. The molecule has 1 aromatic rings. The number of phenols is 1. The van der Waals surface area contributed by atoms with E-state index >= 15 is 0 Å². The summed E-state index contributed by atoms with van der Waals surface area (Å²) in [6, 6.07) is 6.76. The fourth-order valence-electron chi connectivity index (χ4n) is 2.60. The number of rotatable bonds is 5. The van der Waals surface area contributed by atoms with Crippen molar-refractivity contribution in [1.29, 1.82) is 0 Å². The molecule has 20 heavy (non-hydrogen) atoms. The van der Waals surface area contributed by atoms with Gasteiger partial charge < -0.3 is 19.5 Å². The minimum atomic E-state index is -0.301. The van der Waals surface area contributed by atoms with Crippen molar-refractivity contribution in [2.75, 3.05) is 33.9 Å². The van der Waals surface area contributed by atoms with Crippen molar-refractivity contribution in [3.05, 3.63) is 24.3 Å². The number of carbonyl (C=O) groups excluding carboxylic acids is 1. The molecule has 5 nitrogen and oxygen atoms in total. The van der Waals surface area contributed by atoms with Gasteiger partial charge in [-0.3, -0.25) is 4.79 Å². The molecule has 0 radical (unpaired) electrons. The maximum absolute atomic E-state index is 11.9. The van der Waals surface area contributed by atoms with E-state index in [1.165, 1.54) is 7.11 Å². The Kier molecular flexibility index (Phi) is 4.84. The fraction of sp³-hybridized carbons (Fsp3) is 0.533. The van der Waals surface area contributed by atoms with Crippen LogP contribution in [0, 0.1) is 11.8 Å². The average Bonchev–Trinajstić information content (AvgIpc) is 2.87. The van der Waals surface area contributed by atoms with Crippen molar-refractivity contribution in [3.63, 3.8) is 0 Å². The molecule has 0 amide bonds. The van der Waals surface area contributed by atoms with Crippen LogP contribution in [0.1, 0.15) is 6.42 Å². The molecule has 2 unspecified atom stereocenters. The summed E-state index contributed by atoms with van der Waals surface area (Å²) < 4.78 is 10.5. The Bertz CT molecular complexity index is 463. The largest absolute Gasteiger partial charge is 0.504 e. The van der Waals surface area contributed by atoms with Crippen LogP contribution in [0.15, 0.2) is 24.3 Å². The molecular weight excluding hydrogens is 258 g/mol. The summed E-state index contributed by atoms with van der Waals surface area (Å²) in [5.41, 5.74) is 0. The predicted molar refractivity (Wildman–Crippen MR) is 74.7 cm³/mol. The molecule has 1 aliphatic rings. The lowest BCUT2D eigenvalue weighted by Crippen LogP contribution is -2.32. The molecule has 0 aliphatic carbocycles. The van der Waals surface area contributed by atoms with E-state index in [4.69, 9.17) is 9.47 Å². The molecule has 0 spiro atoms. The minimum absolute atomic E-state index is 0.0830. The van der Waals surface area contributed by atoms with E-state index in [1.54, 1.807) is 24.3 Å². The van der Waals surface area contributed by atoms with Gasteiger partial charge in [0.1, 0.15) is 6.61 Å². The summed E-state index contributed by atoms with van der Waals surface area (Å²) in [6.45, 7) is 2.07. The van der Waals surface area contributed by atoms with Gasteiger partial charge in [-0.15, -0.1) is 0 Å². The van der Waals surface area contributed by atoms with Gasteiger partial charge in [0.25, 0.3) is 0 Å². The van der Waals surface area contributed by atoms with Gasteiger partial charge in [0.05, 0.1) is 13.0 Å². The van der Waals surface area contributed by atoms with Gasteiger partial charge in [-0.05, 0) is 38.1 Å². The van der Waals surface area contributed by atoms with Crippen LogP contribution in [0.5, 0.6) is 11.5 Å². The molecule has 110 valence electrons. The minimum Gasteiger partial charge on any atom is -0.504 e. The van der Waals surface area contributed by atoms with E-state index in [2.05, 4.69) is 4.90 Å². The molecule has 1 aromatic carbocycles. The van der Waals surface area contributed by atoms with Crippen LogP contribution in [-0.2, 0) is 9.53 Å². The zero-order valence-corrected chi connectivity index (χ0v) is 11.9. The number of para-hydroxylation sites is 2. The van der Waals surface area contributed by atoms with Crippen molar-refractivity contribution < 1.29 is 19.4 Å². The second-order valence-corrected chi connectivity index (χ2v) is 5.22. The van der Waals surface area contributed by atoms with Crippen LogP contribution in [0.3, 0.4) is 0 Å². The highest BCUT2D eigenvalue weighted by Crippen LogP contribution is 2.28. The van der Waals surface area contributed by atoms with E-state index in [1.807, 2.05) is 7.05 Å². The van der Waals surface area contributed by atoms with Gasteiger partial charge in [0.2, 0.25) is 0 Å². The molecule has 0 bridgehead atoms. The van der Waals surface area contributed by atoms with E-state index in [9.17, 15) is 9.90 Å². The Morgan fingerprint density at radius 1 is 1.50 bits per heavy atom. The standard InChI is InChI=1S/C15H21NO4/c1-16-8-7-11(9-16)12(15(18)19-2)10-20-14-6-4-3-5-13(14)17/h3-6,11-12,17H,7-10H2,1-2H3. The SMILES string of the molecule is COC(=O)C(COc1ccccc1O)C1CCN(C)C1. The number of esters is 1. The quantitative estimate of drug-likeness (QED) is 0.828. The first-order valence-electron chi connectivity index (χ1n) is 6.79. The summed E-state index contributed by atoms with van der Waals surface area (Å²) in [6.07, 6.45) is 0.959. The van der Waals surface area contributed by atoms with E-state index in [0.717, 1.165) is 19.5 Å². The molecule has 2 atom stereocenters. The summed E-state index contributed by atoms with van der Waals surface area (Å²) in [5.74, 6) is 0.163. The molecule has 2 rings (SSSR count). The van der Waals surface area contributed by atoms with E-state index in [-0.39, 0.29) is 30.2 Å². The molecule has 0 saturated carbocycles. The van der Waals surface area contributed by atoms with Gasteiger partial charge in [0.15, 0.2) is 11.5 Å². The molecule has 1 saturated heterocycles.